The second-order valence-corrected chi connectivity index (χ2v) is 6.59. The van der Waals surface area contributed by atoms with Gasteiger partial charge in [-0.25, -0.2) is 4.68 Å². The minimum Gasteiger partial charge on any atom is -0.347 e. The third kappa shape index (κ3) is 4.06. The maximum absolute atomic E-state index is 12.5. The lowest BCUT2D eigenvalue weighted by Gasteiger charge is -2.08. The quantitative estimate of drug-likeness (QED) is 0.709. The summed E-state index contributed by atoms with van der Waals surface area (Å²) in [4.78, 5) is 24.7. The van der Waals surface area contributed by atoms with Crippen LogP contribution in [0.15, 0.2) is 66.7 Å². The molecule has 6 heteroatoms. The minimum absolute atomic E-state index is 0.0247. The van der Waals surface area contributed by atoms with Crippen molar-refractivity contribution in [3.05, 3.63) is 78.0 Å². The minimum atomic E-state index is -0.282. The van der Waals surface area contributed by atoms with Crippen LogP contribution in [0.5, 0.6) is 0 Å². The fourth-order valence-corrected chi connectivity index (χ4v) is 2.79. The molecule has 0 unspecified atom stereocenters. The van der Waals surface area contributed by atoms with Crippen molar-refractivity contribution in [1.29, 1.82) is 0 Å². The summed E-state index contributed by atoms with van der Waals surface area (Å²) < 4.78 is 1.59. The van der Waals surface area contributed by atoms with E-state index in [1.165, 1.54) is 0 Å². The van der Waals surface area contributed by atoms with Crippen LogP contribution in [-0.4, -0.2) is 21.6 Å². The van der Waals surface area contributed by atoms with E-state index in [1.54, 1.807) is 10.7 Å². The summed E-state index contributed by atoms with van der Waals surface area (Å²) in [5.74, 6) is 0.265. The zero-order valence-electron chi connectivity index (χ0n) is 14.8. The third-order valence-corrected chi connectivity index (χ3v) is 4.44. The van der Waals surface area contributed by atoms with Gasteiger partial charge in [0.25, 0.3) is 5.91 Å². The van der Waals surface area contributed by atoms with Crippen LogP contribution in [-0.2, 0) is 11.3 Å². The zero-order valence-corrected chi connectivity index (χ0v) is 14.8. The molecular formula is C21H20N4O2. The van der Waals surface area contributed by atoms with Gasteiger partial charge in [0, 0.05) is 18.5 Å². The van der Waals surface area contributed by atoms with Crippen LogP contribution in [0, 0.1) is 5.92 Å². The molecule has 2 aromatic carbocycles. The van der Waals surface area contributed by atoms with Gasteiger partial charge in [-0.3, -0.25) is 9.59 Å². The van der Waals surface area contributed by atoms with Gasteiger partial charge in [-0.15, -0.1) is 0 Å². The van der Waals surface area contributed by atoms with E-state index in [1.807, 2.05) is 60.7 Å². The van der Waals surface area contributed by atoms with Crippen molar-refractivity contribution in [2.24, 2.45) is 5.92 Å². The standard InChI is InChI=1S/C21H20N4O2/c26-20(16-11-12-16)23-19-13-18(24-25(19)17-9-5-2-6-10-17)21(27)22-14-15-7-3-1-4-8-15/h1-10,13,16H,11-12,14H2,(H,22,27)(H,23,26). The lowest BCUT2D eigenvalue weighted by molar-refractivity contribution is -0.117. The molecule has 136 valence electrons. The van der Waals surface area contributed by atoms with E-state index in [-0.39, 0.29) is 23.4 Å². The van der Waals surface area contributed by atoms with Crippen LogP contribution in [0.4, 0.5) is 5.82 Å². The Morgan fingerprint density at radius 2 is 1.67 bits per heavy atom. The third-order valence-electron chi connectivity index (χ3n) is 4.44. The molecule has 6 nitrogen and oxygen atoms in total. The molecule has 1 heterocycles. The van der Waals surface area contributed by atoms with Crippen LogP contribution in [0.2, 0.25) is 0 Å². The molecule has 0 bridgehead atoms. The number of hydrogen-bond acceptors (Lipinski definition) is 3. The summed E-state index contributed by atoms with van der Waals surface area (Å²) in [6, 6.07) is 20.7. The Kier molecular flexibility index (Phi) is 4.70. The van der Waals surface area contributed by atoms with E-state index in [9.17, 15) is 9.59 Å². The first-order valence-electron chi connectivity index (χ1n) is 8.99. The second kappa shape index (κ2) is 7.45. The van der Waals surface area contributed by atoms with Gasteiger partial charge in [0.2, 0.25) is 5.91 Å². The Bertz CT molecular complexity index is 947. The molecule has 1 aliphatic carbocycles. The van der Waals surface area contributed by atoms with Gasteiger partial charge in [0.15, 0.2) is 5.69 Å². The van der Waals surface area contributed by atoms with Crippen LogP contribution < -0.4 is 10.6 Å². The number of amides is 2. The molecule has 1 aromatic heterocycles. The molecule has 2 amide bonds. The van der Waals surface area contributed by atoms with E-state index >= 15 is 0 Å². The number of benzene rings is 2. The van der Waals surface area contributed by atoms with E-state index in [2.05, 4.69) is 15.7 Å². The van der Waals surface area contributed by atoms with Crippen LogP contribution in [0.25, 0.3) is 5.69 Å². The normalized spacial score (nSPS) is 13.2. The summed E-state index contributed by atoms with van der Waals surface area (Å²) in [5, 5.41) is 10.2. The van der Waals surface area contributed by atoms with E-state index in [0.717, 1.165) is 24.1 Å². The molecule has 3 aromatic rings. The van der Waals surface area contributed by atoms with E-state index < -0.39 is 0 Å². The van der Waals surface area contributed by atoms with Gasteiger partial charge in [-0.1, -0.05) is 48.5 Å². The van der Waals surface area contributed by atoms with Gasteiger partial charge in [-0.05, 0) is 30.5 Å². The maximum Gasteiger partial charge on any atom is 0.272 e. The summed E-state index contributed by atoms with van der Waals surface area (Å²) in [7, 11) is 0. The Hall–Kier alpha value is -3.41. The van der Waals surface area contributed by atoms with Crippen molar-refractivity contribution in [1.82, 2.24) is 15.1 Å². The molecule has 1 aliphatic rings. The zero-order chi connectivity index (χ0) is 18.6. The molecule has 0 aliphatic heterocycles. The average molecular weight is 360 g/mol. The van der Waals surface area contributed by atoms with Gasteiger partial charge >= 0.3 is 0 Å². The largest absolute Gasteiger partial charge is 0.347 e. The molecule has 0 spiro atoms. The molecule has 2 N–H and O–H groups in total. The first-order chi connectivity index (χ1) is 13.2. The Morgan fingerprint density at radius 1 is 1.00 bits per heavy atom. The lowest BCUT2D eigenvalue weighted by atomic mass is 10.2. The van der Waals surface area contributed by atoms with E-state index in [4.69, 9.17) is 0 Å². The molecule has 1 fully saturated rings. The van der Waals surface area contributed by atoms with Crippen molar-refractivity contribution in [3.8, 4) is 5.69 Å². The predicted octanol–water partition coefficient (Wildman–Crippen LogP) is 3.15. The molecule has 0 atom stereocenters. The summed E-state index contributed by atoms with van der Waals surface area (Å²) in [6.07, 6.45) is 1.82. The Balaban J connectivity index is 1.56. The topological polar surface area (TPSA) is 76.0 Å². The second-order valence-electron chi connectivity index (χ2n) is 6.59. The summed E-state index contributed by atoms with van der Waals surface area (Å²) in [6.45, 7) is 0.418. The van der Waals surface area contributed by atoms with Crippen molar-refractivity contribution >= 4 is 17.6 Å². The molecule has 1 saturated carbocycles. The van der Waals surface area contributed by atoms with Crippen molar-refractivity contribution in [3.63, 3.8) is 0 Å². The number of hydrogen-bond donors (Lipinski definition) is 2. The van der Waals surface area contributed by atoms with Gasteiger partial charge in [0.05, 0.1) is 5.69 Å². The van der Waals surface area contributed by atoms with Gasteiger partial charge in [-0.2, -0.15) is 5.10 Å². The molecule has 0 saturated heterocycles. The average Bonchev–Trinajstić information content (AvgIpc) is 3.48. The summed E-state index contributed by atoms with van der Waals surface area (Å²) in [5.41, 5.74) is 2.06. The summed E-state index contributed by atoms with van der Waals surface area (Å²) >= 11 is 0. The van der Waals surface area contributed by atoms with Crippen molar-refractivity contribution in [2.75, 3.05) is 5.32 Å². The first-order valence-corrected chi connectivity index (χ1v) is 8.99. The number of carbonyl (C=O) groups is 2. The number of nitrogens with one attached hydrogen (secondary N) is 2. The number of rotatable bonds is 6. The molecule has 0 radical (unpaired) electrons. The lowest BCUT2D eigenvalue weighted by Crippen LogP contribution is -2.23. The van der Waals surface area contributed by atoms with Gasteiger partial charge < -0.3 is 10.6 Å². The monoisotopic (exact) mass is 360 g/mol. The highest BCUT2D eigenvalue weighted by Crippen LogP contribution is 2.30. The Morgan fingerprint density at radius 3 is 2.33 bits per heavy atom. The number of carbonyl (C=O) groups excluding carboxylic acids is 2. The number of aromatic nitrogens is 2. The number of nitrogens with zero attached hydrogens (tertiary/aromatic N) is 2. The highest BCUT2D eigenvalue weighted by molar-refractivity contribution is 5.97. The first kappa shape index (κ1) is 17.0. The predicted molar refractivity (Wildman–Crippen MR) is 103 cm³/mol. The van der Waals surface area contributed by atoms with Crippen LogP contribution in [0.1, 0.15) is 28.9 Å². The number of anilines is 1. The highest BCUT2D eigenvalue weighted by Gasteiger charge is 2.30. The maximum atomic E-state index is 12.5. The molecule has 27 heavy (non-hydrogen) atoms. The molecule has 4 rings (SSSR count). The van der Waals surface area contributed by atoms with Crippen LogP contribution in [0.3, 0.4) is 0 Å². The SMILES string of the molecule is O=C(NCc1ccccc1)c1cc(NC(=O)C2CC2)n(-c2ccccc2)n1. The molecular weight excluding hydrogens is 340 g/mol. The number of para-hydroxylation sites is 1. The smallest absolute Gasteiger partial charge is 0.272 e. The van der Waals surface area contributed by atoms with Gasteiger partial charge in [0.1, 0.15) is 5.82 Å². The van der Waals surface area contributed by atoms with Crippen LogP contribution >= 0.6 is 0 Å². The fourth-order valence-electron chi connectivity index (χ4n) is 2.79. The van der Waals surface area contributed by atoms with Crippen molar-refractivity contribution < 1.29 is 9.59 Å². The van der Waals surface area contributed by atoms with E-state index in [0.29, 0.717) is 12.4 Å². The Labute approximate surface area is 157 Å². The fraction of sp³-hybridized carbons (Fsp3) is 0.190. The highest BCUT2D eigenvalue weighted by atomic mass is 16.2. The van der Waals surface area contributed by atoms with Crippen molar-refractivity contribution in [2.45, 2.75) is 19.4 Å².